The summed E-state index contributed by atoms with van der Waals surface area (Å²) in [6, 6.07) is 0.459. The fourth-order valence-electron chi connectivity index (χ4n) is 1.95. The largest absolute Gasteiger partial charge is 0.340 e. The molecule has 0 saturated heterocycles. The van der Waals surface area contributed by atoms with Gasteiger partial charge in [-0.25, -0.2) is 10.8 Å². The zero-order chi connectivity index (χ0) is 12.2. The third-order valence-corrected chi connectivity index (χ3v) is 3.85. The molecule has 4 nitrogen and oxygen atoms in total. The summed E-state index contributed by atoms with van der Waals surface area (Å²) in [6.07, 6.45) is 6.06. The first-order chi connectivity index (χ1) is 7.51. The second kappa shape index (κ2) is 5.53. The van der Waals surface area contributed by atoms with Gasteiger partial charge in [0.25, 0.3) is 0 Å². The van der Waals surface area contributed by atoms with Crippen LogP contribution >= 0.6 is 0 Å². The van der Waals surface area contributed by atoms with E-state index in [1.54, 1.807) is 0 Å². The second-order valence-electron chi connectivity index (χ2n) is 5.26. The van der Waals surface area contributed by atoms with E-state index in [0.29, 0.717) is 6.04 Å². The molecule has 1 fully saturated rings. The normalized spacial score (nSPS) is 18.9. The molecule has 0 bridgehead atoms. The summed E-state index contributed by atoms with van der Waals surface area (Å²) in [5.74, 6) is 6.40. The molecule has 16 heavy (non-hydrogen) atoms. The van der Waals surface area contributed by atoms with Gasteiger partial charge in [-0.3, -0.25) is 5.43 Å². The number of hydrazine groups is 1. The van der Waals surface area contributed by atoms with Crippen LogP contribution in [-0.4, -0.2) is 29.5 Å². The van der Waals surface area contributed by atoms with Gasteiger partial charge < -0.3 is 4.90 Å². The van der Waals surface area contributed by atoms with E-state index in [0.717, 1.165) is 12.4 Å². The van der Waals surface area contributed by atoms with Crippen LogP contribution in [0.2, 0.25) is 0 Å². The van der Waals surface area contributed by atoms with Gasteiger partial charge in [0, 0.05) is 12.6 Å². The van der Waals surface area contributed by atoms with Crippen LogP contribution in [0.25, 0.3) is 0 Å². The molecule has 0 aliphatic heterocycles. The quantitative estimate of drug-likeness (QED) is 0.334. The number of nitrogens with two attached hydrogens (primary N) is 1. The van der Waals surface area contributed by atoms with Gasteiger partial charge in [0.05, 0.1) is 6.04 Å². The van der Waals surface area contributed by atoms with Crippen molar-refractivity contribution in [3.8, 4) is 0 Å². The summed E-state index contributed by atoms with van der Waals surface area (Å²) < 4.78 is 0. The Labute approximate surface area is 99.3 Å². The van der Waals surface area contributed by atoms with Gasteiger partial charge in [-0.1, -0.05) is 19.8 Å². The van der Waals surface area contributed by atoms with E-state index in [-0.39, 0.29) is 5.54 Å². The topological polar surface area (TPSA) is 53.6 Å². The lowest BCUT2D eigenvalue weighted by atomic mass is 10.0. The summed E-state index contributed by atoms with van der Waals surface area (Å²) in [5, 5.41) is 0. The summed E-state index contributed by atoms with van der Waals surface area (Å²) in [6.45, 7) is 6.59. The maximum atomic E-state index is 5.58. The van der Waals surface area contributed by atoms with Crippen LogP contribution in [-0.2, 0) is 0 Å². The molecule has 0 aromatic heterocycles. The SMILES string of the molecule is CCC(C)(C)N(C)C(=NC1CCCC1)NN. The minimum Gasteiger partial charge on any atom is -0.340 e. The van der Waals surface area contributed by atoms with Crippen LogP contribution < -0.4 is 11.3 Å². The predicted octanol–water partition coefficient (Wildman–Crippen LogP) is 1.87. The highest BCUT2D eigenvalue weighted by Crippen LogP contribution is 2.22. The van der Waals surface area contributed by atoms with E-state index in [2.05, 4.69) is 38.1 Å². The Bertz CT molecular complexity index is 241. The Morgan fingerprint density at radius 2 is 2.00 bits per heavy atom. The van der Waals surface area contributed by atoms with Crippen molar-refractivity contribution < 1.29 is 0 Å². The molecule has 0 atom stereocenters. The molecule has 1 aliphatic carbocycles. The first kappa shape index (κ1) is 13.3. The molecule has 94 valence electrons. The summed E-state index contributed by atoms with van der Waals surface area (Å²) >= 11 is 0. The summed E-state index contributed by atoms with van der Waals surface area (Å²) in [4.78, 5) is 6.86. The van der Waals surface area contributed by atoms with Crippen molar-refractivity contribution in [3.63, 3.8) is 0 Å². The van der Waals surface area contributed by atoms with Crippen molar-refractivity contribution in [1.82, 2.24) is 10.3 Å². The molecule has 1 saturated carbocycles. The van der Waals surface area contributed by atoms with E-state index in [1.165, 1.54) is 25.7 Å². The number of hydrogen-bond acceptors (Lipinski definition) is 2. The van der Waals surface area contributed by atoms with Gasteiger partial charge in [-0.15, -0.1) is 0 Å². The lowest BCUT2D eigenvalue weighted by Gasteiger charge is -2.37. The standard InChI is InChI=1S/C12H26N4/c1-5-12(2,3)16(4)11(15-13)14-10-8-6-7-9-10/h10H,5-9,13H2,1-4H3,(H,14,15). The minimum absolute atomic E-state index is 0.0871. The average Bonchev–Trinajstić information content (AvgIpc) is 2.77. The Morgan fingerprint density at radius 1 is 1.44 bits per heavy atom. The number of hydrogen-bond donors (Lipinski definition) is 2. The molecule has 3 N–H and O–H groups in total. The predicted molar refractivity (Wildman–Crippen MR) is 69.1 cm³/mol. The Balaban J connectivity index is 2.72. The lowest BCUT2D eigenvalue weighted by Crippen LogP contribution is -2.52. The Hall–Kier alpha value is -0.770. The van der Waals surface area contributed by atoms with Crippen LogP contribution in [0, 0.1) is 0 Å². The zero-order valence-corrected chi connectivity index (χ0v) is 11.1. The van der Waals surface area contributed by atoms with Crippen molar-refractivity contribution >= 4 is 5.96 Å². The van der Waals surface area contributed by atoms with Gasteiger partial charge in [-0.05, 0) is 33.1 Å². The molecular formula is C12H26N4. The Kier molecular flexibility index (Phi) is 4.59. The van der Waals surface area contributed by atoms with Crippen LogP contribution in [0.1, 0.15) is 52.9 Å². The van der Waals surface area contributed by atoms with Crippen LogP contribution in [0.4, 0.5) is 0 Å². The van der Waals surface area contributed by atoms with E-state index in [1.807, 2.05) is 0 Å². The van der Waals surface area contributed by atoms with Gasteiger partial charge in [0.1, 0.15) is 0 Å². The fourth-order valence-corrected chi connectivity index (χ4v) is 1.95. The molecule has 4 heteroatoms. The van der Waals surface area contributed by atoms with Crippen molar-refractivity contribution in [1.29, 1.82) is 0 Å². The van der Waals surface area contributed by atoms with Crippen LogP contribution in [0.5, 0.6) is 0 Å². The highest BCUT2D eigenvalue weighted by atomic mass is 15.4. The van der Waals surface area contributed by atoms with Gasteiger partial charge in [0.15, 0.2) is 0 Å². The Morgan fingerprint density at radius 3 is 2.44 bits per heavy atom. The number of aliphatic imine (C=N–C) groups is 1. The molecule has 0 heterocycles. The van der Waals surface area contributed by atoms with Gasteiger partial charge in [0.2, 0.25) is 5.96 Å². The minimum atomic E-state index is 0.0871. The summed E-state index contributed by atoms with van der Waals surface area (Å²) in [5.41, 5.74) is 2.83. The highest BCUT2D eigenvalue weighted by molar-refractivity contribution is 5.80. The fraction of sp³-hybridized carbons (Fsp3) is 0.917. The summed E-state index contributed by atoms with van der Waals surface area (Å²) in [7, 11) is 2.05. The molecule has 1 aliphatic rings. The first-order valence-electron chi connectivity index (χ1n) is 6.29. The molecular weight excluding hydrogens is 200 g/mol. The maximum absolute atomic E-state index is 5.58. The molecule has 0 amide bonds. The molecule has 0 spiro atoms. The van der Waals surface area contributed by atoms with E-state index < -0.39 is 0 Å². The second-order valence-corrected chi connectivity index (χ2v) is 5.26. The van der Waals surface area contributed by atoms with E-state index >= 15 is 0 Å². The lowest BCUT2D eigenvalue weighted by molar-refractivity contribution is 0.237. The number of nitrogens with one attached hydrogen (secondary N) is 1. The third-order valence-electron chi connectivity index (χ3n) is 3.85. The maximum Gasteiger partial charge on any atom is 0.208 e. The molecule has 0 aromatic rings. The number of nitrogens with zero attached hydrogens (tertiary/aromatic N) is 2. The van der Waals surface area contributed by atoms with Crippen LogP contribution in [0.15, 0.2) is 4.99 Å². The number of guanidine groups is 1. The van der Waals surface area contributed by atoms with E-state index in [9.17, 15) is 0 Å². The third kappa shape index (κ3) is 3.11. The molecule has 0 radical (unpaired) electrons. The highest BCUT2D eigenvalue weighted by Gasteiger charge is 2.25. The number of rotatable bonds is 3. The molecule has 0 unspecified atom stereocenters. The van der Waals surface area contributed by atoms with Gasteiger partial charge >= 0.3 is 0 Å². The average molecular weight is 226 g/mol. The first-order valence-corrected chi connectivity index (χ1v) is 6.29. The smallest absolute Gasteiger partial charge is 0.208 e. The van der Waals surface area contributed by atoms with Crippen LogP contribution in [0.3, 0.4) is 0 Å². The van der Waals surface area contributed by atoms with Crippen molar-refractivity contribution in [2.75, 3.05) is 7.05 Å². The molecule has 0 aromatic carbocycles. The van der Waals surface area contributed by atoms with Gasteiger partial charge in [-0.2, -0.15) is 0 Å². The molecule has 1 rings (SSSR count). The van der Waals surface area contributed by atoms with E-state index in [4.69, 9.17) is 10.8 Å². The van der Waals surface area contributed by atoms with Crippen molar-refractivity contribution in [2.24, 2.45) is 10.8 Å². The van der Waals surface area contributed by atoms with Crippen molar-refractivity contribution in [2.45, 2.75) is 64.5 Å². The zero-order valence-electron chi connectivity index (χ0n) is 11.1. The monoisotopic (exact) mass is 226 g/mol. The van der Waals surface area contributed by atoms with Crippen molar-refractivity contribution in [3.05, 3.63) is 0 Å².